The van der Waals surface area contributed by atoms with Crippen molar-refractivity contribution in [2.75, 3.05) is 112 Å². The van der Waals surface area contributed by atoms with E-state index in [2.05, 4.69) is 89.2 Å². The summed E-state index contributed by atoms with van der Waals surface area (Å²) in [7, 11) is 7.63. The number of esters is 2. The molecule has 8 rings (SSSR count). The molecule has 2 aromatic carbocycles. The van der Waals surface area contributed by atoms with Crippen LogP contribution in [-0.2, 0) is 31.9 Å². The lowest BCUT2D eigenvalue weighted by Gasteiger charge is -2.34. The van der Waals surface area contributed by atoms with Crippen LogP contribution in [0.5, 0.6) is 11.5 Å². The Morgan fingerprint density at radius 3 is 1.40 bits per heavy atom. The van der Waals surface area contributed by atoms with E-state index in [1.165, 1.54) is 0 Å². The van der Waals surface area contributed by atoms with E-state index in [4.69, 9.17) is 28.9 Å². The summed E-state index contributed by atoms with van der Waals surface area (Å²) in [4.78, 5) is 55.6. The SMILES string of the molecule is CCC(C)(OC(=O)CCc1cnc(Nc2ccc(N3CCN(C)CC3)cc2OC)nc1NC1CCCC1)OC(=O)CCc1cnc(Nc2ccc(N3CCN(C)CC3)cc2OC)nc1NC1CCCC1. The molecule has 4 heterocycles. The molecule has 0 spiro atoms. The van der Waals surface area contributed by atoms with Crippen LogP contribution in [-0.4, -0.2) is 140 Å². The van der Waals surface area contributed by atoms with Gasteiger partial charge in [0.2, 0.25) is 11.9 Å². The lowest BCUT2D eigenvalue weighted by atomic mass is 10.1. The van der Waals surface area contributed by atoms with Gasteiger partial charge < -0.3 is 59.8 Å². The fraction of sp³-hybridized carbons (Fsp3) is 0.577. The molecule has 0 atom stereocenters. The highest BCUT2D eigenvalue weighted by Gasteiger charge is 2.32. The molecule has 4 aromatic rings. The number of benzene rings is 2. The third-order valence-corrected chi connectivity index (χ3v) is 14.2. The van der Waals surface area contributed by atoms with Gasteiger partial charge in [0.15, 0.2) is 0 Å². The Labute approximate surface area is 413 Å². The summed E-state index contributed by atoms with van der Waals surface area (Å²) in [5.41, 5.74) is 5.34. The molecule has 18 nitrogen and oxygen atoms in total. The summed E-state index contributed by atoms with van der Waals surface area (Å²) in [5, 5.41) is 14.0. The molecule has 4 N–H and O–H groups in total. The normalized spacial score (nSPS) is 17.3. The van der Waals surface area contributed by atoms with Crippen molar-refractivity contribution in [2.24, 2.45) is 0 Å². The summed E-state index contributed by atoms with van der Waals surface area (Å²) < 4.78 is 23.4. The van der Waals surface area contributed by atoms with Crippen molar-refractivity contribution in [1.29, 1.82) is 0 Å². The molecule has 70 heavy (non-hydrogen) atoms. The number of nitrogens with zero attached hydrogens (tertiary/aromatic N) is 8. The van der Waals surface area contributed by atoms with Crippen molar-refractivity contribution in [3.63, 3.8) is 0 Å². The number of aryl methyl sites for hydroxylation is 2. The quantitative estimate of drug-likeness (QED) is 0.0469. The maximum absolute atomic E-state index is 13.5. The van der Waals surface area contributed by atoms with Crippen LogP contribution in [0.15, 0.2) is 48.8 Å². The Morgan fingerprint density at radius 1 is 0.629 bits per heavy atom. The van der Waals surface area contributed by atoms with Crippen molar-refractivity contribution >= 4 is 58.2 Å². The second-order valence-corrected chi connectivity index (χ2v) is 19.4. The molecule has 2 aromatic heterocycles. The van der Waals surface area contributed by atoms with E-state index in [9.17, 15) is 9.59 Å². The molecular weight excluding hydrogens is 889 g/mol. The lowest BCUT2D eigenvalue weighted by molar-refractivity contribution is -0.223. The molecule has 2 aliphatic carbocycles. The molecular formula is C52H74N12O6. The number of ether oxygens (including phenoxy) is 4. The molecule has 2 saturated carbocycles. The summed E-state index contributed by atoms with van der Waals surface area (Å²) in [6.45, 7) is 11.3. The Bertz CT molecular complexity index is 2220. The minimum absolute atomic E-state index is 0.0460. The number of piperazine rings is 2. The van der Waals surface area contributed by atoms with Crippen LogP contribution >= 0.6 is 0 Å². The molecule has 0 bridgehead atoms. The highest BCUT2D eigenvalue weighted by atomic mass is 16.7. The smallest absolute Gasteiger partial charge is 0.309 e. The Morgan fingerprint density at radius 2 is 1.03 bits per heavy atom. The van der Waals surface area contributed by atoms with Crippen molar-refractivity contribution < 1.29 is 28.5 Å². The largest absolute Gasteiger partial charge is 0.494 e. The van der Waals surface area contributed by atoms with Crippen LogP contribution in [0.3, 0.4) is 0 Å². The van der Waals surface area contributed by atoms with E-state index < -0.39 is 17.7 Å². The number of carbonyl (C=O) groups excluding carboxylic acids is 2. The zero-order valence-electron chi connectivity index (χ0n) is 42.1. The number of rotatable bonds is 21. The predicted octanol–water partition coefficient (Wildman–Crippen LogP) is 7.76. The zero-order valence-corrected chi connectivity index (χ0v) is 42.1. The summed E-state index contributed by atoms with van der Waals surface area (Å²) in [5.74, 6) is 1.20. The first-order valence-electron chi connectivity index (χ1n) is 25.4. The van der Waals surface area contributed by atoms with E-state index in [0.29, 0.717) is 47.9 Å². The molecule has 0 amide bonds. The maximum atomic E-state index is 13.5. The van der Waals surface area contributed by atoms with Gasteiger partial charge in [-0.3, -0.25) is 9.59 Å². The van der Waals surface area contributed by atoms with Gasteiger partial charge in [0.25, 0.3) is 5.79 Å². The van der Waals surface area contributed by atoms with Gasteiger partial charge in [-0.05, 0) is 76.9 Å². The number of carbonyl (C=O) groups is 2. The number of nitrogens with one attached hydrogen (secondary N) is 4. The second kappa shape index (κ2) is 23.6. The van der Waals surface area contributed by atoms with Crippen molar-refractivity contribution in [1.82, 2.24) is 29.7 Å². The monoisotopic (exact) mass is 963 g/mol. The number of methoxy groups -OCH3 is 2. The topological polar surface area (TPSA) is 184 Å². The van der Waals surface area contributed by atoms with Crippen LogP contribution in [0.25, 0.3) is 0 Å². The van der Waals surface area contributed by atoms with E-state index in [0.717, 1.165) is 138 Å². The van der Waals surface area contributed by atoms with Crippen molar-refractivity contribution in [3.8, 4) is 11.5 Å². The van der Waals surface area contributed by atoms with E-state index >= 15 is 0 Å². The molecule has 4 fully saturated rings. The number of hydrogen-bond acceptors (Lipinski definition) is 18. The van der Waals surface area contributed by atoms with Gasteiger partial charge in [0.1, 0.15) is 23.1 Å². The first kappa shape index (κ1) is 50.3. The Kier molecular flexibility index (Phi) is 17.0. The van der Waals surface area contributed by atoms with Gasteiger partial charge in [-0.1, -0.05) is 32.6 Å². The van der Waals surface area contributed by atoms with Crippen LogP contribution in [0, 0.1) is 0 Å². The summed E-state index contributed by atoms with van der Waals surface area (Å²) in [6.07, 6.45) is 13.4. The van der Waals surface area contributed by atoms with Crippen LogP contribution in [0.2, 0.25) is 0 Å². The molecule has 18 heteroatoms. The average Bonchev–Trinajstić information content (AvgIpc) is 4.09. The fourth-order valence-corrected chi connectivity index (χ4v) is 9.63. The van der Waals surface area contributed by atoms with Crippen LogP contribution in [0.1, 0.15) is 95.6 Å². The fourth-order valence-electron chi connectivity index (χ4n) is 9.63. The third kappa shape index (κ3) is 13.4. The predicted molar refractivity (Wildman–Crippen MR) is 275 cm³/mol. The van der Waals surface area contributed by atoms with Gasteiger partial charge in [0.05, 0.1) is 25.6 Å². The number of hydrogen-bond donors (Lipinski definition) is 4. The average molecular weight is 963 g/mol. The van der Waals surface area contributed by atoms with Crippen molar-refractivity contribution in [2.45, 2.75) is 115 Å². The molecule has 378 valence electrons. The minimum atomic E-state index is -1.45. The third-order valence-electron chi connectivity index (χ3n) is 14.2. The van der Waals surface area contributed by atoms with Gasteiger partial charge in [-0.25, -0.2) is 9.97 Å². The molecule has 0 unspecified atom stereocenters. The standard InChI is InChI=1S/C52H74N12O6/c1-7-52(2,69-46(65)22-16-36-34-53-50(59-48(36)55-38-12-8-9-13-38)57-42-20-18-40(32-44(42)67-5)63-28-24-61(3)25-29-63)70-47(66)23-17-37-35-54-51(60-49(37)56-39-14-10-11-15-39)58-43-21-19-41(33-45(43)68-6)64-30-26-62(4)27-31-64/h18-21,32-35,38-39H,7-17,22-31H2,1-6H3,(H2,53,55,57,59)(H2,54,56,58,60). The minimum Gasteiger partial charge on any atom is -0.494 e. The summed E-state index contributed by atoms with van der Waals surface area (Å²) in [6, 6.07) is 12.9. The van der Waals surface area contributed by atoms with Gasteiger partial charge in [-0.2, -0.15) is 9.97 Å². The summed E-state index contributed by atoms with van der Waals surface area (Å²) >= 11 is 0. The Balaban J connectivity index is 0.875. The Hall–Kier alpha value is -6.14. The second-order valence-electron chi connectivity index (χ2n) is 19.4. The van der Waals surface area contributed by atoms with Gasteiger partial charge >= 0.3 is 11.9 Å². The first-order valence-corrected chi connectivity index (χ1v) is 25.4. The van der Waals surface area contributed by atoms with Gasteiger partial charge in [0, 0.05) is 138 Å². The first-order chi connectivity index (χ1) is 34.0. The van der Waals surface area contributed by atoms with Crippen molar-refractivity contribution in [3.05, 3.63) is 59.9 Å². The lowest BCUT2D eigenvalue weighted by Crippen LogP contribution is -2.44. The molecule has 2 aliphatic heterocycles. The highest BCUT2D eigenvalue weighted by molar-refractivity contribution is 5.74. The molecule has 0 radical (unpaired) electrons. The van der Waals surface area contributed by atoms with Gasteiger partial charge in [-0.15, -0.1) is 0 Å². The maximum Gasteiger partial charge on any atom is 0.309 e. The number of likely N-dealkylation sites (N-methyl/N-ethyl adjacent to an activating group) is 2. The number of anilines is 8. The molecule has 4 aliphatic rings. The van der Waals surface area contributed by atoms with Crippen LogP contribution in [0.4, 0.5) is 46.3 Å². The van der Waals surface area contributed by atoms with E-state index in [-0.39, 0.29) is 31.3 Å². The number of aromatic nitrogens is 4. The molecule has 2 saturated heterocycles. The van der Waals surface area contributed by atoms with E-state index in [1.54, 1.807) is 33.5 Å². The highest BCUT2D eigenvalue weighted by Crippen LogP contribution is 2.35. The zero-order chi connectivity index (χ0) is 49.0. The van der Waals surface area contributed by atoms with Crippen LogP contribution < -0.4 is 40.5 Å². The van der Waals surface area contributed by atoms with E-state index in [1.807, 2.05) is 19.1 Å².